The fourth-order valence-electron chi connectivity index (χ4n) is 2.70. The Hall–Kier alpha value is -1.71. The number of halogens is 2. The van der Waals surface area contributed by atoms with E-state index in [1.807, 2.05) is 0 Å². The second-order valence-corrected chi connectivity index (χ2v) is 4.90. The first-order valence-corrected chi connectivity index (χ1v) is 6.20. The predicted molar refractivity (Wildman–Crippen MR) is 67.3 cm³/mol. The van der Waals surface area contributed by atoms with E-state index in [4.69, 9.17) is 5.73 Å². The molecule has 0 spiro atoms. The van der Waals surface area contributed by atoms with Crippen molar-refractivity contribution in [1.82, 2.24) is 4.98 Å². The first kappa shape index (κ1) is 11.4. The van der Waals surface area contributed by atoms with Gasteiger partial charge in [0, 0.05) is 28.8 Å². The van der Waals surface area contributed by atoms with Crippen LogP contribution in [-0.4, -0.2) is 4.98 Å². The highest BCUT2D eigenvalue weighted by Gasteiger charge is 2.20. The van der Waals surface area contributed by atoms with Crippen LogP contribution in [0.3, 0.4) is 0 Å². The molecule has 2 nitrogen and oxygen atoms in total. The molecule has 0 radical (unpaired) electrons. The van der Waals surface area contributed by atoms with Gasteiger partial charge in [0.15, 0.2) is 11.6 Å². The Labute approximate surface area is 104 Å². The summed E-state index contributed by atoms with van der Waals surface area (Å²) in [5, 5.41) is 0.482. The minimum Gasteiger partial charge on any atom is -0.398 e. The molecule has 0 amide bonds. The van der Waals surface area contributed by atoms with Gasteiger partial charge in [-0.15, -0.1) is 0 Å². The van der Waals surface area contributed by atoms with Gasteiger partial charge < -0.3 is 5.73 Å². The van der Waals surface area contributed by atoms with Crippen molar-refractivity contribution in [2.45, 2.75) is 31.6 Å². The molecule has 2 N–H and O–H groups in total. The number of aromatic nitrogens is 1. The Morgan fingerprint density at radius 1 is 1.06 bits per heavy atom. The predicted octanol–water partition coefficient (Wildman–Crippen LogP) is 3.75. The SMILES string of the molecule is Nc1cc(C2CCCC2)nc2cc(F)c(F)cc12. The molecule has 0 aliphatic heterocycles. The fraction of sp³-hybridized carbons (Fsp3) is 0.357. The van der Waals surface area contributed by atoms with Gasteiger partial charge in [0.2, 0.25) is 0 Å². The van der Waals surface area contributed by atoms with Crippen LogP contribution in [0.25, 0.3) is 10.9 Å². The quantitative estimate of drug-likeness (QED) is 0.834. The average Bonchev–Trinajstić information content (AvgIpc) is 2.85. The molecule has 94 valence electrons. The smallest absolute Gasteiger partial charge is 0.161 e. The summed E-state index contributed by atoms with van der Waals surface area (Å²) in [5.74, 6) is -1.35. The van der Waals surface area contributed by atoms with E-state index in [1.165, 1.54) is 12.8 Å². The van der Waals surface area contributed by atoms with Gasteiger partial charge in [0.1, 0.15) is 0 Å². The number of hydrogen-bond donors (Lipinski definition) is 1. The summed E-state index contributed by atoms with van der Waals surface area (Å²) >= 11 is 0. The van der Waals surface area contributed by atoms with Gasteiger partial charge in [-0.25, -0.2) is 8.78 Å². The summed E-state index contributed by atoms with van der Waals surface area (Å²) in [5.41, 5.74) is 7.73. The van der Waals surface area contributed by atoms with Gasteiger partial charge in [-0.1, -0.05) is 12.8 Å². The second-order valence-electron chi connectivity index (χ2n) is 4.90. The first-order valence-electron chi connectivity index (χ1n) is 6.20. The maximum absolute atomic E-state index is 13.2. The van der Waals surface area contributed by atoms with Crippen molar-refractivity contribution in [2.24, 2.45) is 0 Å². The molecule has 1 aromatic heterocycles. The maximum Gasteiger partial charge on any atom is 0.161 e. The number of anilines is 1. The summed E-state index contributed by atoms with van der Waals surface area (Å²) in [6, 6.07) is 4.04. The van der Waals surface area contributed by atoms with Crippen LogP contribution in [0.4, 0.5) is 14.5 Å². The Bertz CT molecular complexity index is 604. The van der Waals surface area contributed by atoms with Gasteiger partial charge in [-0.05, 0) is 25.0 Å². The molecule has 1 fully saturated rings. The summed E-state index contributed by atoms with van der Waals surface area (Å²) in [6.07, 6.45) is 4.59. The summed E-state index contributed by atoms with van der Waals surface area (Å²) in [6.45, 7) is 0. The van der Waals surface area contributed by atoms with Crippen LogP contribution in [0.1, 0.15) is 37.3 Å². The van der Waals surface area contributed by atoms with Gasteiger partial charge in [-0.2, -0.15) is 0 Å². The lowest BCUT2D eigenvalue weighted by molar-refractivity contribution is 0.510. The van der Waals surface area contributed by atoms with E-state index >= 15 is 0 Å². The van der Waals surface area contributed by atoms with E-state index in [-0.39, 0.29) is 0 Å². The number of pyridine rings is 1. The standard InChI is InChI=1S/C14H14F2N2/c15-10-5-9-12(17)7-13(8-3-1-2-4-8)18-14(9)6-11(10)16/h5-8H,1-4H2,(H2,17,18). The van der Waals surface area contributed by atoms with Gasteiger partial charge >= 0.3 is 0 Å². The van der Waals surface area contributed by atoms with Crippen molar-refractivity contribution in [2.75, 3.05) is 5.73 Å². The van der Waals surface area contributed by atoms with Gasteiger partial charge in [0.25, 0.3) is 0 Å². The van der Waals surface area contributed by atoms with E-state index in [1.54, 1.807) is 6.07 Å². The molecule has 1 heterocycles. The Kier molecular flexibility index (Phi) is 2.65. The molecule has 0 unspecified atom stereocenters. The highest BCUT2D eigenvalue weighted by Crippen LogP contribution is 2.35. The largest absolute Gasteiger partial charge is 0.398 e. The zero-order valence-corrected chi connectivity index (χ0v) is 9.92. The highest BCUT2D eigenvalue weighted by molar-refractivity contribution is 5.90. The van der Waals surface area contributed by atoms with E-state index in [0.717, 1.165) is 30.7 Å². The molecular weight excluding hydrogens is 234 g/mol. The van der Waals surface area contributed by atoms with E-state index in [9.17, 15) is 8.78 Å². The Morgan fingerprint density at radius 3 is 2.44 bits per heavy atom. The zero-order valence-electron chi connectivity index (χ0n) is 9.92. The van der Waals surface area contributed by atoms with Gasteiger partial charge in [-0.3, -0.25) is 4.98 Å². The molecule has 1 aliphatic rings. The number of rotatable bonds is 1. The molecule has 3 rings (SSSR count). The Balaban J connectivity index is 2.16. The number of nitrogens with zero attached hydrogens (tertiary/aromatic N) is 1. The number of nitrogen functional groups attached to an aromatic ring is 1. The number of hydrogen-bond acceptors (Lipinski definition) is 2. The molecule has 0 bridgehead atoms. The zero-order chi connectivity index (χ0) is 12.7. The monoisotopic (exact) mass is 248 g/mol. The summed E-state index contributed by atoms with van der Waals surface area (Å²) in [4.78, 5) is 4.43. The number of benzene rings is 1. The van der Waals surface area contributed by atoms with Crippen molar-refractivity contribution in [3.63, 3.8) is 0 Å². The molecular formula is C14H14F2N2. The van der Waals surface area contributed by atoms with Crippen molar-refractivity contribution in [3.8, 4) is 0 Å². The first-order chi connectivity index (χ1) is 8.65. The molecule has 1 aromatic carbocycles. The highest BCUT2D eigenvalue weighted by atomic mass is 19.2. The van der Waals surface area contributed by atoms with E-state index in [2.05, 4.69) is 4.98 Å². The molecule has 0 atom stereocenters. The van der Waals surface area contributed by atoms with Crippen LogP contribution >= 0.6 is 0 Å². The van der Waals surface area contributed by atoms with E-state index < -0.39 is 11.6 Å². The third kappa shape index (κ3) is 1.82. The molecule has 0 saturated heterocycles. The van der Waals surface area contributed by atoms with Crippen molar-refractivity contribution in [1.29, 1.82) is 0 Å². The number of fused-ring (bicyclic) bond motifs is 1. The number of nitrogens with two attached hydrogens (primary N) is 1. The van der Waals surface area contributed by atoms with Crippen LogP contribution in [0.2, 0.25) is 0 Å². The molecule has 18 heavy (non-hydrogen) atoms. The van der Waals surface area contributed by atoms with Crippen molar-refractivity contribution in [3.05, 3.63) is 35.5 Å². The van der Waals surface area contributed by atoms with Crippen LogP contribution < -0.4 is 5.73 Å². The fourth-order valence-corrected chi connectivity index (χ4v) is 2.70. The van der Waals surface area contributed by atoms with Crippen molar-refractivity contribution >= 4 is 16.6 Å². The minimum atomic E-state index is -0.885. The van der Waals surface area contributed by atoms with Gasteiger partial charge in [0.05, 0.1) is 5.52 Å². The lowest BCUT2D eigenvalue weighted by Crippen LogP contribution is -2.01. The summed E-state index contributed by atoms with van der Waals surface area (Å²) < 4.78 is 26.4. The van der Waals surface area contributed by atoms with Crippen LogP contribution in [0.5, 0.6) is 0 Å². The molecule has 2 aromatic rings. The lowest BCUT2D eigenvalue weighted by atomic mass is 10.0. The second kappa shape index (κ2) is 4.19. The normalized spacial score (nSPS) is 16.6. The molecule has 1 aliphatic carbocycles. The van der Waals surface area contributed by atoms with Crippen LogP contribution in [-0.2, 0) is 0 Å². The van der Waals surface area contributed by atoms with Crippen LogP contribution in [0.15, 0.2) is 18.2 Å². The Morgan fingerprint density at radius 2 is 1.72 bits per heavy atom. The van der Waals surface area contributed by atoms with E-state index in [0.29, 0.717) is 22.5 Å². The molecule has 1 saturated carbocycles. The lowest BCUT2D eigenvalue weighted by Gasteiger charge is -2.11. The third-order valence-electron chi connectivity index (χ3n) is 3.68. The van der Waals surface area contributed by atoms with Crippen molar-refractivity contribution < 1.29 is 8.78 Å². The average molecular weight is 248 g/mol. The summed E-state index contributed by atoms with van der Waals surface area (Å²) in [7, 11) is 0. The molecule has 4 heteroatoms. The minimum absolute atomic E-state index is 0.407. The topological polar surface area (TPSA) is 38.9 Å². The third-order valence-corrected chi connectivity index (χ3v) is 3.68. The maximum atomic E-state index is 13.2. The van der Waals surface area contributed by atoms with Crippen LogP contribution in [0, 0.1) is 11.6 Å².